The fourth-order valence-corrected chi connectivity index (χ4v) is 2.56. The lowest BCUT2D eigenvalue weighted by Gasteiger charge is -2.22. The van der Waals surface area contributed by atoms with E-state index in [0.29, 0.717) is 12.5 Å². The number of aliphatic hydroxyl groups is 1. The van der Waals surface area contributed by atoms with Crippen LogP contribution in [0.5, 0.6) is 0 Å². The number of aliphatic hydroxyl groups excluding tert-OH is 1. The summed E-state index contributed by atoms with van der Waals surface area (Å²) in [5, 5.41) is 12.5. The van der Waals surface area contributed by atoms with Crippen LogP contribution in [0.3, 0.4) is 0 Å². The fourth-order valence-electron chi connectivity index (χ4n) is 2.56. The maximum Gasteiger partial charge on any atom is 0.112 e. The van der Waals surface area contributed by atoms with Gasteiger partial charge in [0, 0.05) is 18.7 Å². The molecule has 1 fully saturated rings. The van der Waals surface area contributed by atoms with Gasteiger partial charge in [0.15, 0.2) is 0 Å². The van der Waals surface area contributed by atoms with Gasteiger partial charge in [0.05, 0.1) is 12.3 Å². The zero-order chi connectivity index (χ0) is 12.1. The Labute approximate surface area is 127 Å². The van der Waals surface area contributed by atoms with Gasteiger partial charge in [-0.3, -0.25) is 0 Å². The van der Waals surface area contributed by atoms with E-state index in [9.17, 15) is 0 Å². The van der Waals surface area contributed by atoms with E-state index in [-0.39, 0.29) is 31.4 Å². The quantitative estimate of drug-likeness (QED) is 0.876. The van der Waals surface area contributed by atoms with Crippen LogP contribution in [-0.2, 0) is 13.0 Å². The third kappa shape index (κ3) is 4.95. The Bertz CT molecular complexity index is 352. The molecular formula is C13H25Cl2N3O. The van der Waals surface area contributed by atoms with Gasteiger partial charge < -0.3 is 15.0 Å². The van der Waals surface area contributed by atoms with Crippen molar-refractivity contribution >= 4 is 24.8 Å². The van der Waals surface area contributed by atoms with Gasteiger partial charge in [0.25, 0.3) is 0 Å². The highest BCUT2D eigenvalue weighted by molar-refractivity contribution is 5.85. The van der Waals surface area contributed by atoms with Crippen molar-refractivity contribution in [2.24, 2.45) is 0 Å². The summed E-state index contributed by atoms with van der Waals surface area (Å²) in [6, 6.07) is 0. The first-order valence-electron chi connectivity index (χ1n) is 6.72. The molecule has 1 aliphatic heterocycles. The van der Waals surface area contributed by atoms with Crippen LogP contribution in [0.4, 0.5) is 0 Å². The molecule has 0 amide bonds. The molecule has 0 saturated carbocycles. The Morgan fingerprint density at radius 2 is 2.05 bits per heavy atom. The van der Waals surface area contributed by atoms with Crippen molar-refractivity contribution in [2.75, 3.05) is 19.7 Å². The molecule has 2 N–H and O–H groups in total. The van der Waals surface area contributed by atoms with Gasteiger partial charge in [-0.05, 0) is 32.4 Å². The molecule has 2 rings (SSSR count). The van der Waals surface area contributed by atoms with E-state index >= 15 is 0 Å². The normalized spacial score (nSPS) is 15.7. The highest BCUT2D eigenvalue weighted by Gasteiger charge is 2.20. The molecule has 112 valence electrons. The first-order chi connectivity index (χ1) is 8.35. The number of aryl methyl sites for hydroxylation is 1. The van der Waals surface area contributed by atoms with Crippen molar-refractivity contribution in [1.82, 2.24) is 14.9 Å². The Kier molecular flexibility index (Phi) is 9.44. The number of halogens is 2. The summed E-state index contributed by atoms with van der Waals surface area (Å²) >= 11 is 0. The molecule has 0 bridgehead atoms. The third-order valence-corrected chi connectivity index (χ3v) is 3.41. The highest BCUT2D eigenvalue weighted by Crippen LogP contribution is 2.24. The number of hydrogen-bond donors (Lipinski definition) is 2. The standard InChI is InChI=1S/C13H23N3O.2ClH/c1-2-3-12-10-16(8-9-17)13(15-12)11-4-6-14-7-5-11;;/h10-11,14,17H,2-9H2,1H3;2*1H. The molecule has 0 unspecified atom stereocenters. The molecule has 6 heteroatoms. The molecule has 0 aromatic carbocycles. The minimum atomic E-state index is 0. The van der Waals surface area contributed by atoms with Crippen LogP contribution in [0.1, 0.15) is 43.6 Å². The Morgan fingerprint density at radius 3 is 2.63 bits per heavy atom. The van der Waals surface area contributed by atoms with Gasteiger partial charge in [0.1, 0.15) is 5.82 Å². The van der Waals surface area contributed by atoms with E-state index < -0.39 is 0 Å². The summed E-state index contributed by atoms with van der Waals surface area (Å²) in [5.41, 5.74) is 1.18. The minimum absolute atomic E-state index is 0. The number of piperidine rings is 1. The minimum Gasteiger partial charge on any atom is -0.395 e. The monoisotopic (exact) mass is 309 g/mol. The van der Waals surface area contributed by atoms with E-state index in [1.54, 1.807) is 0 Å². The summed E-state index contributed by atoms with van der Waals surface area (Å²) in [4.78, 5) is 4.77. The van der Waals surface area contributed by atoms with Crippen molar-refractivity contribution < 1.29 is 5.11 Å². The van der Waals surface area contributed by atoms with Gasteiger partial charge in [-0.25, -0.2) is 4.98 Å². The maximum atomic E-state index is 9.12. The van der Waals surface area contributed by atoms with Gasteiger partial charge in [-0.1, -0.05) is 13.3 Å². The SMILES string of the molecule is CCCc1cn(CCO)c(C2CCNCC2)n1.Cl.Cl. The topological polar surface area (TPSA) is 50.1 Å². The van der Waals surface area contributed by atoms with Crippen LogP contribution in [0, 0.1) is 0 Å². The Balaban J connectivity index is 0.00000162. The summed E-state index contributed by atoms with van der Waals surface area (Å²) in [6.45, 7) is 5.21. The number of hydrogen-bond acceptors (Lipinski definition) is 3. The van der Waals surface area contributed by atoms with Crippen LogP contribution in [-0.4, -0.2) is 34.4 Å². The molecule has 0 aliphatic carbocycles. The van der Waals surface area contributed by atoms with Gasteiger partial charge in [0.2, 0.25) is 0 Å². The number of aromatic nitrogens is 2. The lowest BCUT2D eigenvalue weighted by molar-refractivity contribution is 0.271. The maximum absolute atomic E-state index is 9.12. The summed E-state index contributed by atoms with van der Waals surface area (Å²) in [5.74, 6) is 1.75. The molecular weight excluding hydrogens is 285 g/mol. The largest absolute Gasteiger partial charge is 0.395 e. The lowest BCUT2D eigenvalue weighted by Crippen LogP contribution is -2.28. The highest BCUT2D eigenvalue weighted by atomic mass is 35.5. The number of rotatable bonds is 5. The molecule has 0 spiro atoms. The summed E-state index contributed by atoms with van der Waals surface area (Å²) in [6.07, 6.45) is 6.61. The molecule has 19 heavy (non-hydrogen) atoms. The first-order valence-corrected chi connectivity index (χ1v) is 6.72. The average molecular weight is 310 g/mol. The lowest BCUT2D eigenvalue weighted by atomic mass is 9.97. The number of imidazole rings is 1. The predicted molar refractivity (Wildman–Crippen MR) is 82.6 cm³/mol. The van der Waals surface area contributed by atoms with E-state index in [4.69, 9.17) is 10.1 Å². The van der Waals surface area contributed by atoms with E-state index in [2.05, 4.69) is 23.0 Å². The second-order valence-corrected chi connectivity index (χ2v) is 4.78. The van der Waals surface area contributed by atoms with Crippen LogP contribution < -0.4 is 5.32 Å². The van der Waals surface area contributed by atoms with Crippen LogP contribution in [0.15, 0.2) is 6.20 Å². The van der Waals surface area contributed by atoms with Gasteiger partial charge in [-0.2, -0.15) is 0 Å². The van der Waals surface area contributed by atoms with E-state index in [1.807, 2.05) is 0 Å². The van der Waals surface area contributed by atoms with Crippen LogP contribution in [0.25, 0.3) is 0 Å². The molecule has 0 atom stereocenters. The Hall–Kier alpha value is -0.290. The summed E-state index contributed by atoms with van der Waals surface area (Å²) in [7, 11) is 0. The average Bonchev–Trinajstić information content (AvgIpc) is 2.74. The van der Waals surface area contributed by atoms with Crippen LogP contribution in [0.2, 0.25) is 0 Å². The van der Waals surface area contributed by atoms with Crippen molar-refractivity contribution in [3.63, 3.8) is 0 Å². The molecule has 1 saturated heterocycles. The molecule has 1 aromatic rings. The van der Waals surface area contributed by atoms with Gasteiger partial charge >= 0.3 is 0 Å². The second kappa shape index (κ2) is 9.59. The predicted octanol–water partition coefficient (Wildman–Crippen LogP) is 2.14. The molecule has 0 radical (unpaired) electrons. The zero-order valence-electron chi connectivity index (χ0n) is 11.5. The molecule has 1 aromatic heterocycles. The Morgan fingerprint density at radius 1 is 1.37 bits per heavy atom. The van der Waals surface area contributed by atoms with Crippen molar-refractivity contribution in [2.45, 2.75) is 45.1 Å². The zero-order valence-corrected chi connectivity index (χ0v) is 13.1. The molecule has 4 nitrogen and oxygen atoms in total. The molecule has 1 aliphatic rings. The molecule has 2 heterocycles. The van der Waals surface area contributed by atoms with E-state index in [1.165, 1.54) is 11.5 Å². The second-order valence-electron chi connectivity index (χ2n) is 4.78. The fraction of sp³-hybridized carbons (Fsp3) is 0.769. The number of nitrogens with zero attached hydrogens (tertiary/aromatic N) is 2. The van der Waals surface area contributed by atoms with Gasteiger partial charge in [-0.15, -0.1) is 24.8 Å². The summed E-state index contributed by atoms with van der Waals surface area (Å²) < 4.78 is 2.15. The first kappa shape index (κ1) is 18.7. The van der Waals surface area contributed by atoms with Crippen molar-refractivity contribution in [3.8, 4) is 0 Å². The third-order valence-electron chi connectivity index (χ3n) is 3.41. The van der Waals surface area contributed by atoms with Crippen LogP contribution >= 0.6 is 24.8 Å². The van der Waals surface area contributed by atoms with Crippen molar-refractivity contribution in [1.29, 1.82) is 0 Å². The smallest absolute Gasteiger partial charge is 0.112 e. The van der Waals surface area contributed by atoms with E-state index in [0.717, 1.165) is 38.8 Å². The number of nitrogens with one attached hydrogen (secondary N) is 1. The van der Waals surface area contributed by atoms with Crippen molar-refractivity contribution in [3.05, 3.63) is 17.7 Å².